The molecule has 5 rings (SSSR count). The molecular formula is C25H18N6O4S. The van der Waals surface area contributed by atoms with Crippen molar-refractivity contribution in [3.63, 3.8) is 0 Å². The summed E-state index contributed by atoms with van der Waals surface area (Å²) in [6.45, 7) is 1.70. The van der Waals surface area contributed by atoms with Crippen LogP contribution in [0.2, 0.25) is 0 Å². The lowest BCUT2D eigenvalue weighted by atomic mass is 9.98. The van der Waals surface area contributed by atoms with Crippen LogP contribution >= 0.6 is 11.8 Å². The number of aliphatic imine (C=N–C) groups is 1. The number of carbonyl (C=O) groups is 1. The molecule has 2 aliphatic heterocycles. The highest BCUT2D eigenvalue weighted by Crippen LogP contribution is 2.46. The lowest BCUT2D eigenvalue weighted by Crippen LogP contribution is -2.39. The normalized spacial score (nSPS) is 16.9. The van der Waals surface area contributed by atoms with Gasteiger partial charge < -0.3 is 15.5 Å². The Hall–Kier alpha value is -4.82. The molecule has 0 fully saturated rings. The highest BCUT2D eigenvalue weighted by Gasteiger charge is 2.43. The van der Waals surface area contributed by atoms with Gasteiger partial charge in [0.1, 0.15) is 34.4 Å². The maximum Gasteiger partial charge on any atom is 0.280 e. The van der Waals surface area contributed by atoms with Gasteiger partial charge in [-0.1, -0.05) is 30.3 Å². The maximum absolute atomic E-state index is 13.5. The number of amides is 1. The molecule has 1 atom stereocenters. The molecule has 3 aromatic rings. The molecule has 0 saturated heterocycles. The summed E-state index contributed by atoms with van der Waals surface area (Å²) in [7, 11) is 0. The van der Waals surface area contributed by atoms with Crippen LogP contribution in [-0.4, -0.2) is 20.9 Å². The Labute approximate surface area is 209 Å². The number of rotatable bonds is 5. The first-order chi connectivity index (χ1) is 17.4. The fraction of sp³-hybridized carbons (Fsp3) is 0.0800. The number of anilines is 1. The van der Waals surface area contributed by atoms with Gasteiger partial charge in [0, 0.05) is 11.8 Å². The summed E-state index contributed by atoms with van der Waals surface area (Å²) in [6, 6.07) is 19.6. The van der Waals surface area contributed by atoms with Gasteiger partial charge in [0.15, 0.2) is 5.17 Å². The lowest BCUT2D eigenvalue weighted by molar-refractivity contribution is -0.384. The molecule has 36 heavy (non-hydrogen) atoms. The summed E-state index contributed by atoms with van der Waals surface area (Å²) in [5.41, 5.74) is 7.79. The van der Waals surface area contributed by atoms with Crippen LogP contribution in [0.1, 0.15) is 18.7 Å². The molecule has 3 N–H and O–H groups in total. The second-order valence-corrected chi connectivity index (χ2v) is 8.87. The molecular weight excluding hydrogens is 480 g/mol. The van der Waals surface area contributed by atoms with Gasteiger partial charge in [-0.3, -0.25) is 19.8 Å². The van der Waals surface area contributed by atoms with E-state index in [4.69, 9.17) is 10.2 Å². The van der Waals surface area contributed by atoms with Crippen molar-refractivity contribution in [2.24, 2.45) is 10.7 Å². The Morgan fingerprint density at radius 2 is 1.92 bits per heavy atom. The smallest absolute Gasteiger partial charge is 0.280 e. The second kappa shape index (κ2) is 9.09. The van der Waals surface area contributed by atoms with Crippen LogP contribution in [0.4, 0.5) is 11.4 Å². The number of thioether (sulfide) groups is 1. The summed E-state index contributed by atoms with van der Waals surface area (Å²) >= 11 is 1.10. The maximum atomic E-state index is 13.5. The zero-order chi connectivity index (χ0) is 25.4. The average Bonchev–Trinajstić information content (AvgIpc) is 3.48. The van der Waals surface area contributed by atoms with Crippen molar-refractivity contribution in [2.75, 3.05) is 5.32 Å². The van der Waals surface area contributed by atoms with Crippen molar-refractivity contribution < 1.29 is 14.1 Å². The van der Waals surface area contributed by atoms with Crippen molar-refractivity contribution >= 4 is 34.2 Å². The van der Waals surface area contributed by atoms with E-state index in [9.17, 15) is 20.2 Å². The van der Waals surface area contributed by atoms with Crippen LogP contribution < -0.4 is 11.1 Å². The number of nitrogens with two attached hydrogens (primary N) is 1. The minimum absolute atomic E-state index is 0.110. The Bertz CT molecular complexity index is 1530. The zero-order valence-electron chi connectivity index (χ0n) is 18.8. The highest BCUT2D eigenvalue weighted by molar-refractivity contribution is 8.17. The summed E-state index contributed by atoms with van der Waals surface area (Å²) < 4.78 is 6.12. The van der Waals surface area contributed by atoms with Gasteiger partial charge >= 0.3 is 0 Å². The number of nitriles is 1. The Morgan fingerprint density at radius 1 is 1.19 bits per heavy atom. The number of hydrogen-bond acceptors (Lipinski definition) is 9. The van der Waals surface area contributed by atoms with Crippen LogP contribution in [-0.2, 0) is 4.79 Å². The van der Waals surface area contributed by atoms with Gasteiger partial charge in [-0.15, -0.1) is 0 Å². The monoisotopic (exact) mass is 498 g/mol. The predicted octanol–water partition coefficient (Wildman–Crippen LogP) is 4.88. The number of nitro benzene ring substituents is 1. The Balaban J connectivity index is 1.62. The molecule has 2 aliphatic rings. The molecule has 11 heteroatoms. The first kappa shape index (κ1) is 22.9. The van der Waals surface area contributed by atoms with E-state index >= 15 is 0 Å². The fourth-order valence-electron chi connectivity index (χ4n) is 4.11. The van der Waals surface area contributed by atoms with E-state index < -0.39 is 16.9 Å². The lowest BCUT2D eigenvalue weighted by Gasteiger charge is -2.33. The second-order valence-electron chi connectivity index (χ2n) is 7.89. The zero-order valence-corrected chi connectivity index (χ0v) is 19.7. The SMILES string of the molecule is CC1=C(C(=O)Nc2ccccc2)[C@@H](c2ccc(-c3ccccc3[N+](=O)[O-])o2)N2C(=N1)SC(C#N)=C2N. The summed E-state index contributed by atoms with van der Waals surface area (Å²) in [6.07, 6.45) is 0. The van der Waals surface area contributed by atoms with E-state index in [2.05, 4.69) is 16.4 Å². The van der Waals surface area contributed by atoms with Crippen molar-refractivity contribution in [1.82, 2.24) is 4.90 Å². The van der Waals surface area contributed by atoms with Crippen LogP contribution in [0.25, 0.3) is 11.3 Å². The molecule has 1 aromatic heterocycles. The predicted molar refractivity (Wildman–Crippen MR) is 135 cm³/mol. The molecule has 0 spiro atoms. The molecule has 10 nitrogen and oxygen atoms in total. The summed E-state index contributed by atoms with van der Waals surface area (Å²) in [5.74, 6) is 0.304. The molecule has 0 unspecified atom stereocenters. The first-order valence-electron chi connectivity index (χ1n) is 10.8. The van der Waals surface area contributed by atoms with Crippen molar-refractivity contribution in [3.05, 3.63) is 105 Å². The number of carbonyl (C=O) groups excluding carboxylic acids is 1. The van der Waals surface area contributed by atoms with Crippen molar-refractivity contribution in [2.45, 2.75) is 13.0 Å². The Morgan fingerprint density at radius 3 is 2.64 bits per heavy atom. The van der Waals surface area contributed by atoms with Crippen LogP contribution in [0.3, 0.4) is 0 Å². The summed E-state index contributed by atoms with van der Waals surface area (Å²) in [4.78, 5) is 30.9. The van der Waals surface area contributed by atoms with E-state index in [0.29, 0.717) is 27.9 Å². The fourth-order valence-corrected chi connectivity index (χ4v) is 5.02. The van der Waals surface area contributed by atoms with E-state index in [1.165, 1.54) is 6.07 Å². The topological polar surface area (TPSA) is 151 Å². The molecule has 0 aliphatic carbocycles. The summed E-state index contributed by atoms with van der Waals surface area (Å²) in [5, 5.41) is 24.4. The number of allylic oxidation sites excluding steroid dienone is 2. The third-order valence-electron chi connectivity index (χ3n) is 5.72. The van der Waals surface area contributed by atoms with E-state index in [0.717, 1.165) is 11.8 Å². The van der Waals surface area contributed by atoms with Gasteiger partial charge in [-0.05, 0) is 49.0 Å². The van der Waals surface area contributed by atoms with Crippen LogP contribution in [0.15, 0.2) is 98.1 Å². The minimum Gasteiger partial charge on any atom is -0.458 e. The third kappa shape index (κ3) is 3.89. The van der Waals surface area contributed by atoms with Gasteiger partial charge in [0.2, 0.25) is 0 Å². The van der Waals surface area contributed by atoms with Crippen molar-refractivity contribution in [1.29, 1.82) is 5.26 Å². The van der Waals surface area contributed by atoms with Crippen molar-refractivity contribution in [3.8, 4) is 17.4 Å². The van der Waals surface area contributed by atoms with Gasteiger partial charge in [0.25, 0.3) is 11.6 Å². The number of nitro groups is 1. The van der Waals surface area contributed by atoms with Gasteiger partial charge in [-0.2, -0.15) is 5.26 Å². The molecule has 178 valence electrons. The molecule has 0 saturated carbocycles. The first-order valence-corrected chi connectivity index (χ1v) is 11.6. The number of nitrogens with zero attached hydrogens (tertiary/aromatic N) is 4. The number of hydrogen-bond donors (Lipinski definition) is 2. The number of para-hydroxylation sites is 2. The van der Waals surface area contributed by atoms with E-state index in [1.54, 1.807) is 66.4 Å². The standard InChI is InChI=1S/C25H18N6O4S/c1-14-21(24(32)29-15-7-3-2-4-8-15)22(30-23(27)20(13-26)36-25(30)28-14)19-12-11-18(35-19)16-9-5-6-10-17(16)31(33)34/h2-12,22H,27H2,1H3,(H,29,32)/t22-/m1/s1. The minimum atomic E-state index is -0.851. The molecule has 1 amide bonds. The van der Waals surface area contributed by atoms with Crippen LogP contribution in [0, 0.1) is 21.4 Å². The van der Waals surface area contributed by atoms with E-state index in [-0.39, 0.29) is 27.7 Å². The molecule has 2 aromatic carbocycles. The third-order valence-corrected chi connectivity index (χ3v) is 6.69. The number of benzene rings is 2. The number of amidine groups is 1. The molecule has 0 bridgehead atoms. The van der Waals surface area contributed by atoms with Crippen LogP contribution in [0.5, 0.6) is 0 Å². The number of fused-ring (bicyclic) bond motifs is 1. The average molecular weight is 499 g/mol. The molecule has 0 radical (unpaired) electrons. The molecule has 3 heterocycles. The van der Waals surface area contributed by atoms with Gasteiger partial charge in [0.05, 0.1) is 21.8 Å². The number of furan rings is 1. The largest absolute Gasteiger partial charge is 0.458 e. The Kier molecular flexibility index (Phi) is 5.79. The quantitative estimate of drug-likeness (QED) is 0.373. The van der Waals surface area contributed by atoms with E-state index in [1.807, 2.05) is 6.07 Å². The van der Waals surface area contributed by atoms with Gasteiger partial charge in [-0.25, -0.2) is 4.99 Å². The number of nitrogens with one attached hydrogen (secondary N) is 1. The highest BCUT2D eigenvalue weighted by atomic mass is 32.2.